The van der Waals surface area contributed by atoms with Gasteiger partial charge in [-0.05, 0) is 49.6 Å². The highest BCUT2D eigenvalue weighted by molar-refractivity contribution is 7.07. The van der Waals surface area contributed by atoms with Crippen LogP contribution in [0.2, 0.25) is 5.02 Å². The number of halogens is 1. The van der Waals surface area contributed by atoms with Crippen molar-refractivity contribution in [1.29, 1.82) is 0 Å². The van der Waals surface area contributed by atoms with Gasteiger partial charge in [-0.2, -0.15) is 0 Å². The molecule has 1 aliphatic heterocycles. The van der Waals surface area contributed by atoms with E-state index in [9.17, 15) is 9.59 Å². The molecule has 1 aliphatic rings. The number of ether oxygens (including phenoxy) is 2. The predicted octanol–water partition coefficient (Wildman–Crippen LogP) is 4.63. The van der Waals surface area contributed by atoms with Gasteiger partial charge < -0.3 is 9.47 Å². The third-order valence-corrected chi connectivity index (χ3v) is 7.15. The number of nitrogens with zero attached hydrogens (tertiary/aromatic N) is 2. The van der Waals surface area contributed by atoms with Crippen LogP contribution in [0.25, 0.3) is 6.08 Å². The van der Waals surface area contributed by atoms with Crippen LogP contribution in [0.3, 0.4) is 0 Å². The second-order valence-corrected chi connectivity index (χ2v) is 9.66. The Labute approximate surface area is 212 Å². The lowest BCUT2D eigenvalue weighted by atomic mass is 9.95. The van der Waals surface area contributed by atoms with Crippen molar-refractivity contribution in [2.45, 2.75) is 45.8 Å². The highest BCUT2D eigenvalue weighted by Gasteiger charge is 2.33. The molecule has 0 fully saturated rings. The van der Waals surface area contributed by atoms with E-state index in [1.54, 1.807) is 22.8 Å². The van der Waals surface area contributed by atoms with Crippen molar-refractivity contribution >= 4 is 35.0 Å². The zero-order valence-corrected chi connectivity index (χ0v) is 21.7. The van der Waals surface area contributed by atoms with Crippen LogP contribution in [-0.2, 0) is 9.53 Å². The molecular formula is C27H27ClN2O4S. The van der Waals surface area contributed by atoms with Gasteiger partial charge in [0.1, 0.15) is 5.75 Å². The van der Waals surface area contributed by atoms with Crippen LogP contribution in [0.4, 0.5) is 0 Å². The monoisotopic (exact) mass is 510 g/mol. The number of carbonyl (C=O) groups excluding carboxylic acids is 1. The lowest BCUT2D eigenvalue weighted by Gasteiger charge is -2.25. The summed E-state index contributed by atoms with van der Waals surface area (Å²) in [7, 11) is 1.34. The van der Waals surface area contributed by atoms with Gasteiger partial charge in [0, 0.05) is 10.6 Å². The van der Waals surface area contributed by atoms with Gasteiger partial charge in [-0.25, -0.2) is 9.79 Å². The molecule has 0 unspecified atom stereocenters. The average Bonchev–Trinajstić information content (AvgIpc) is 3.18. The summed E-state index contributed by atoms with van der Waals surface area (Å²) in [6.45, 7) is 5.97. The Balaban J connectivity index is 1.96. The third kappa shape index (κ3) is 4.97. The quantitative estimate of drug-likeness (QED) is 0.434. The molecule has 0 saturated heterocycles. The van der Waals surface area contributed by atoms with Crippen LogP contribution < -0.4 is 19.6 Å². The number of thiazole rings is 1. The highest BCUT2D eigenvalue weighted by Crippen LogP contribution is 2.32. The molecule has 1 aromatic heterocycles. The zero-order valence-electron chi connectivity index (χ0n) is 20.1. The molecule has 2 aromatic carbocycles. The summed E-state index contributed by atoms with van der Waals surface area (Å²) in [5.74, 6) is 0.159. The van der Waals surface area contributed by atoms with Gasteiger partial charge in [-0.15, -0.1) is 0 Å². The fraction of sp³-hybridized carbons (Fsp3) is 0.296. The molecule has 0 bridgehead atoms. The highest BCUT2D eigenvalue weighted by atomic mass is 35.5. The lowest BCUT2D eigenvalue weighted by molar-refractivity contribution is -0.136. The van der Waals surface area contributed by atoms with Crippen molar-refractivity contribution in [2.75, 3.05) is 7.11 Å². The third-order valence-electron chi connectivity index (χ3n) is 5.93. The summed E-state index contributed by atoms with van der Waals surface area (Å²) in [6.07, 6.45) is 3.16. The van der Waals surface area contributed by atoms with Crippen LogP contribution >= 0.6 is 22.9 Å². The fourth-order valence-electron chi connectivity index (χ4n) is 4.00. The molecule has 0 N–H and O–H groups in total. The van der Waals surface area contributed by atoms with E-state index in [-0.39, 0.29) is 11.7 Å². The van der Waals surface area contributed by atoms with E-state index in [1.165, 1.54) is 18.4 Å². The fourth-order valence-corrected chi connectivity index (χ4v) is 5.19. The Morgan fingerprint density at radius 1 is 1.23 bits per heavy atom. The standard InChI is InChI=1S/C27H27ClN2O4S/c1-5-16(3)34-21-13-12-19(28)14-18(21)15-22-25(31)30-24(17-10-8-7-9-11-17)23(26(32)33-4)20(6-2)29-27(30)35-22/h7-16,24H,5-6H2,1-4H3/b22-15+/t16-,24-/m1/s1. The number of fused-ring (bicyclic) bond motifs is 1. The van der Waals surface area contributed by atoms with E-state index in [0.717, 1.165) is 12.0 Å². The zero-order chi connectivity index (χ0) is 25.1. The summed E-state index contributed by atoms with van der Waals surface area (Å²) >= 11 is 7.55. The van der Waals surface area contributed by atoms with E-state index < -0.39 is 12.0 Å². The minimum atomic E-state index is -0.632. The van der Waals surface area contributed by atoms with Gasteiger partial charge in [-0.3, -0.25) is 9.36 Å². The minimum absolute atomic E-state index is 0.0114. The Morgan fingerprint density at radius 3 is 2.63 bits per heavy atom. The van der Waals surface area contributed by atoms with E-state index in [1.807, 2.05) is 57.2 Å². The van der Waals surface area contributed by atoms with Crippen LogP contribution in [0.1, 0.15) is 50.8 Å². The molecule has 2 heterocycles. The molecule has 2 atom stereocenters. The number of aromatic nitrogens is 1. The molecule has 0 amide bonds. The maximum atomic E-state index is 13.8. The number of allylic oxidation sites excluding steroid dienone is 1. The van der Waals surface area contributed by atoms with E-state index in [0.29, 0.717) is 43.4 Å². The minimum Gasteiger partial charge on any atom is -0.490 e. The summed E-state index contributed by atoms with van der Waals surface area (Å²) in [4.78, 5) is 31.9. The number of hydrogen-bond donors (Lipinski definition) is 0. The lowest BCUT2D eigenvalue weighted by Crippen LogP contribution is -2.40. The number of esters is 1. The second kappa shape index (κ2) is 10.6. The van der Waals surface area contributed by atoms with Gasteiger partial charge in [0.2, 0.25) is 0 Å². The second-order valence-electron chi connectivity index (χ2n) is 8.22. The molecule has 3 aromatic rings. The molecule has 0 aliphatic carbocycles. The van der Waals surface area contributed by atoms with Crippen molar-refractivity contribution in [3.05, 3.63) is 95.6 Å². The smallest absolute Gasteiger partial charge is 0.338 e. The molecule has 182 valence electrons. The number of methoxy groups -OCH3 is 1. The summed E-state index contributed by atoms with van der Waals surface area (Å²) in [5, 5.41) is 0.545. The molecule has 8 heteroatoms. The number of carbonyl (C=O) groups is 1. The van der Waals surface area contributed by atoms with Crippen molar-refractivity contribution in [2.24, 2.45) is 4.99 Å². The Bertz CT molecular complexity index is 1460. The first-order valence-electron chi connectivity index (χ1n) is 11.5. The van der Waals surface area contributed by atoms with Gasteiger partial charge >= 0.3 is 5.97 Å². The molecule has 0 radical (unpaired) electrons. The number of benzene rings is 2. The first-order valence-corrected chi connectivity index (χ1v) is 12.7. The average molecular weight is 511 g/mol. The molecule has 0 spiro atoms. The van der Waals surface area contributed by atoms with Crippen molar-refractivity contribution in [1.82, 2.24) is 4.57 Å². The van der Waals surface area contributed by atoms with E-state index in [2.05, 4.69) is 0 Å². The van der Waals surface area contributed by atoms with Crippen molar-refractivity contribution < 1.29 is 14.3 Å². The van der Waals surface area contributed by atoms with Gasteiger partial charge in [0.05, 0.1) is 35.1 Å². The SMILES string of the molecule is CCC1=C(C(=O)OC)[C@@H](c2ccccc2)n2c(s/c(=C/c3cc(Cl)ccc3O[C@H](C)CC)c2=O)=N1. The Hall–Kier alpha value is -3.16. The molecule has 4 rings (SSSR count). The van der Waals surface area contributed by atoms with Gasteiger partial charge in [-0.1, -0.05) is 67.1 Å². The first-order chi connectivity index (χ1) is 16.9. The maximum Gasteiger partial charge on any atom is 0.338 e. The Morgan fingerprint density at radius 2 is 1.97 bits per heavy atom. The topological polar surface area (TPSA) is 69.9 Å². The van der Waals surface area contributed by atoms with Gasteiger partial charge in [0.25, 0.3) is 5.56 Å². The predicted molar refractivity (Wildman–Crippen MR) is 139 cm³/mol. The van der Waals surface area contributed by atoms with Crippen LogP contribution in [0, 0.1) is 0 Å². The van der Waals surface area contributed by atoms with Crippen LogP contribution in [0.5, 0.6) is 5.75 Å². The van der Waals surface area contributed by atoms with Gasteiger partial charge in [0.15, 0.2) is 4.80 Å². The summed E-state index contributed by atoms with van der Waals surface area (Å²) in [6, 6.07) is 14.2. The van der Waals surface area contributed by atoms with E-state index >= 15 is 0 Å². The van der Waals surface area contributed by atoms with Crippen molar-refractivity contribution in [3.8, 4) is 5.75 Å². The van der Waals surface area contributed by atoms with Crippen molar-refractivity contribution in [3.63, 3.8) is 0 Å². The molecule has 0 saturated carbocycles. The molecule has 35 heavy (non-hydrogen) atoms. The Kier molecular flexibility index (Phi) is 7.57. The molecule has 6 nitrogen and oxygen atoms in total. The van der Waals surface area contributed by atoms with Crippen LogP contribution in [-0.4, -0.2) is 23.8 Å². The molecular weight excluding hydrogens is 484 g/mol. The number of hydrogen-bond acceptors (Lipinski definition) is 6. The van der Waals surface area contributed by atoms with E-state index in [4.69, 9.17) is 26.1 Å². The normalized spacial score (nSPS) is 16.5. The summed E-state index contributed by atoms with van der Waals surface area (Å²) in [5.41, 5.74) is 2.27. The largest absolute Gasteiger partial charge is 0.490 e. The maximum absolute atomic E-state index is 13.8. The number of rotatable bonds is 7. The first kappa shape index (κ1) is 24.9. The van der Waals surface area contributed by atoms with Crippen LogP contribution in [0.15, 0.2) is 69.6 Å². The summed E-state index contributed by atoms with van der Waals surface area (Å²) < 4.78 is 13.2.